The Hall–Kier alpha value is -1.05. The molecule has 94 valence electrons. The van der Waals surface area contributed by atoms with E-state index in [1.807, 2.05) is 13.0 Å². The highest BCUT2D eigenvalue weighted by Gasteiger charge is 2.18. The first-order valence-electron chi connectivity index (χ1n) is 6.66. The van der Waals surface area contributed by atoms with Gasteiger partial charge < -0.3 is 5.32 Å². The van der Waals surface area contributed by atoms with Gasteiger partial charge in [0, 0.05) is 17.8 Å². The fraction of sp³-hybridized carbons (Fsp3) is 0.600. The predicted molar refractivity (Wildman–Crippen MR) is 70.7 cm³/mol. The summed E-state index contributed by atoms with van der Waals surface area (Å²) in [6.07, 6.45) is 5.30. The van der Waals surface area contributed by atoms with E-state index in [0.29, 0.717) is 0 Å². The standard InChI is InChI=1S/C15H22FN/c1-11-6-8-13(9-7-11)10-17-15-5-3-4-14(16)12(15)2/h3-5,11,13,17H,6-10H2,1-2H3. The molecule has 1 aromatic carbocycles. The Kier molecular flexibility index (Phi) is 4.03. The van der Waals surface area contributed by atoms with Crippen LogP contribution in [0.5, 0.6) is 0 Å². The molecule has 1 aliphatic carbocycles. The second-order valence-electron chi connectivity index (χ2n) is 5.42. The zero-order valence-corrected chi connectivity index (χ0v) is 10.8. The fourth-order valence-corrected chi connectivity index (χ4v) is 2.59. The molecule has 0 aromatic heterocycles. The molecule has 0 unspecified atom stereocenters. The number of halogens is 1. The summed E-state index contributed by atoms with van der Waals surface area (Å²) in [5.74, 6) is 1.53. The lowest BCUT2D eigenvalue weighted by Crippen LogP contribution is -2.20. The SMILES string of the molecule is Cc1c(F)cccc1NCC1CCC(C)CC1. The largest absolute Gasteiger partial charge is 0.384 e. The van der Waals surface area contributed by atoms with E-state index in [2.05, 4.69) is 12.2 Å². The maximum Gasteiger partial charge on any atom is 0.128 e. The van der Waals surface area contributed by atoms with Gasteiger partial charge in [-0.05, 0) is 43.7 Å². The summed E-state index contributed by atoms with van der Waals surface area (Å²) in [7, 11) is 0. The molecule has 0 heterocycles. The van der Waals surface area contributed by atoms with Crippen LogP contribution in [0.1, 0.15) is 38.2 Å². The number of benzene rings is 1. The Bertz CT molecular complexity index is 367. The summed E-state index contributed by atoms with van der Waals surface area (Å²) in [6, 6.07) is 5.25. The summed E-state index contributed by atoms with van der Waals surface area (Å²) in [6.45, 7) is 5.15. The molecule has 1 nitrogen and oxygen atoms in total. The van der Waals surface area contributed by atoms with Gasteiger partial charge in [-0.15, -0.1) is 0 Å². The first-order chi connectivity index (χ1) is 8.16. The van der Waals surface area contributed by atoms with Gasteiger partial charge in [-0.2, -0.15) is 0 Å². The lowest BCUT2D eigenvalue weighted by Gasteiger charge is -2.26. The molecule has 1 aromatic rings. The Morgan fingerprint density at radius 1 is 1.24 bits per heavy atom. The molecule has 2 rings (SSSR count). The van der Waals surface area contributed by atoms with Crippen LogP contribution in [0.3, 0.4) is 0 Å². The first-order valence-corrected chi connectivity index (χ1v) is 6.66. The molecule has 0 aliphatic heterocycles. The van der Waals surface area contributed by atoms with Gasteiger partial charge in [0.05, 0.1) is 0 Å². The molecule has 0 atom stereocenters. The number of hydrogen-bond acceptors (Lipinski definition) is 1. The third-order valence-electron chi connectivity index (χ3n) is 3.98. The summed E-state index contributed by atoms with van der Waals surface area (Å²) in [5, 5.41) is 3.40. The number of nitrogens with one attached hydrogen (secondary N) is 1. The normalized spacial score (nSPS) is 24.6. The van der Waals surface area contributed by atoms with Crippen molar-refractivity contribution in [2.75, 3.05) is 11.9 Å². The molecule has 0 bridgehead atoms. The van der Waals surface area contributed by atoms with Crippen molar-refractivity contribution in [3.05, 3.63) is 29.6 Å². The molecular formula is C15H22FN. The van der Waals surface area contributed by atoms with Crippen LogP contribution >= 0.6 is 0 Å². The van der Waals surface area contributed by atoms with Gasteiger partial charge >= 0.3 is 0 Å². The van der Waals surface area contributed by atoms with Gasteiger partial charge in [-0.1, -0.05) is 25.8 Å². The quantitative estimate of drug-likeness (QED) is 0.820. The monoisotopic (exact) mass is 235 g/mol. The van der Waals surface area contributed by atoms with E-state index < -0.39 is 0 Å². The number of anilines is 1. The third kappa shape index (κ3) is 3.21. The minimum absolute atomic E-state index is 0.118. The van der Waals surface area contributed by atoms with Crippen molar-refractivity contribution in [2.24, 2.45) is 11.8 Å². The van der Waals surface area contributed by atoms with Crippen LogP contribution in [0.4, 0.5) is 10.1 Å². The van der Waals surface area contributed by atoms with E-state index in [1.54, 1.807) is 6.07 Å². The van der Waals surface area contributed by atoms with Crippen molar-refractivity contribution in [3.63, 3.8) is 0 Å². The van der Waals surface area contributed by atoms with Crippen molar-refractivity contribution in [2.45, 2.75) is 39.5 Å². The molecule has 1 fully saturated rings. The molecule has 1 N–H and O–H groups in total. The minimum atomic E-state index is -0.118. The van der Waals surface area contributed by atoms with Crippen molar-refractivity contribution in [3.8, 4) is 0 Å². The smallest absolute Gasteiger partial charge is 0.128 e. The van der Waals surface area contributed by atoms with Gasteiger partial charge in [0.15, 0.2) is 0 Å². The van der Waals surface area contributed by atoms with Crippen LogP contribution in [-0.2, 0) is 0 Å². The Morgan fingerprint density at radius 2 is 1.94 bits per heavy atom. The average Bonchev–Trinajstić information content (AvgIpc) is 2.33. The van der Waals surface area contributed by atoms with E-state index >= 15 is 0 Å². The highest BCUT2D eigenvalue weighted by atomic mass is 19.1. The lowest BCUT2D eigenvalue weighted by molar-refractivity contribution is 0.300. The summed E-state index contributed by atoms with van der Waals surface area (Å²) in [4.78, 5) is 0. The van der Waals surface area contributed by atoms with Gasteiger partial charge in [0.25, 0.3) is 0 Å². The molecule has 0 spiro atoms. The van der Waals surface area contributed by atoms with Crippen molar-refractivity contribution in [1.29, 1.82) is 0 Å². The molecule has 2 heteroatoms. The average molecular weight is 235 g/mol. The van der Waals surface area contributed by atoms with Crippen LogP contribution in [-0.4, -0.2) is 6.54 Å². The molecular weight excluding hydrogens is 213 g/mol. The molecule has 0 amide bonds. The Morgan fingerprint density at radius 3 is 2.65 bits per heavy atom. The molecule has 1 aliphatic rings. The summed E-state index contributed by atoms with van der Waals surface area (Å²) in [5.41, 5.74) is 1.68. The predicted octanol–water partition coefficient (Wildman–Crippen LogP) is 4.37. The van der Waals surface area contributed by atoms with E-state index in [-0.39, 0.29) is 5.82 Å². The van der Waals surface area contributed by atoms with Crippen LogP contribution < -0.4 is 5.32 Å². The van der Waals surface area contributed by atoms with Gasteiger partial charge in [-0.25, -0.2) is 4.39 Å². The second-order valence-corrected chi connectivity index (χ2v) is 5.42. The Balaban J connectivity index is 1.87. The van der Waals surface area contributed by atoms with Crippen molar-refractivity contribution in [1.82, 2.24) is 0 Å². The summed E-state index contributed by atoms with van der Waals surface area (Å²) < 4.78 is 13.4. The minimum Gasteiger partial charge on any atom is -0.384 e. The molecule has 17 heavy (non-hydrogen) atoms. The zero-order chi connectivity index (χ0) is 12.3. The number of rotatable bonds is 3. The fourth-order valence-electron chi connectivity index (χ4n) is 2.59. The lowest BCUT2D eigenvalue weighted by atomic mass is 9.83. The zero-order valence-electron chi connectivity index (χ0n) is 10.8. The highest BCUT2D eigenvalue weighted by Crippen LogP contribution is 2.28. The van der Waals surface area contributed by atoms with Crippen molar-refractivity contribution >= 4 is 5.69 Å². The highest BCUT2D eigenvalue weighted by molar-refractivity contribution is 5.50. The second kappa shape index (κ2) is 5.52. The first kappa shape index (κ1) is 12.4. The van der Waals surface area contributed by atoms with Crippen molar-refractivity contribution < 1.29 is 4.39 Å². The van der Waals surface area contributed by atoms with E-state index in [1.165, 1.54) is 31.7 Å². The third-order valence-corrected chi connectivity index (χ3v) is 3.98. The van der Waals surface area contributed by atoms with Gasteiger partial charge in [-0.3, -0.25) is 0 Å². The van der Waals surface area contributed by atoms with Crippen LogP contribution in [0, 0.1) is 24.6 Å². The van der Waals surface area contributed by atoms with E-state index in [0.717, 1.165) is 29.6 Å². The van der Waals surface area contributed by atoms with Gasteiger partial charge in [0.1, 0.15) is 5.82 Å². The maximum absolute atomic E-state index is 13.4. The van der Waals surface area contributed by atoms with Crippen LogP contribution in [0.15, 0.2) is 18.2 Å². The topological polar surface area (TPSA) is 12.0 Å². The van der Waals surface area contributed by atoms with Gasteiger partial charge in [0.2, 0.25) is 0 Å². The van der Waals surface area contributed by atoms with Crippen LogP contribution in [0.2, 0.25) is 0 Å². The summed E-state index contributed by atoms with van der Waals surface area (Å²) >= 11 is 0. The molecule has 1 saturated carbocycles. The van der Waals surface area contributed by atoms with Crippen LogP contribution in [0.25, 0.3) is 0 Å². The number of hydrogen-bond donors (Lipinski definition) is 1. The molecule has 0 saturated heterocycles. The van der Waals surface area contributed by atoms with E-state index in [9.17, 15) is 4.39 Å². The van der Waals surface area contributed by atoms with E-state index in [4.69, 9.17) is 0 Å². The maximum atomic E-state index is 13.4. The molecule has 0 radical (unpaired) electrons. The Labute approximate surface area is 103 Å².